The Bertz CT molecular complexity index is 701. The van der Waals surface area contributed by atoms with Gasteiger partial charge in [0.25, 0.3) is 5.69 Å². The minimum atomic E-state index is -0.422. The second kappa shape index (κ2) is 7.78. The van der Waals surface area contributed by atoms with E-state index in [2.05, 4.69) is 0 Å². The van der Waals surface area contributed by atoms with Crippen molar-refractivity contribution in [2.75, 3.05) is 12.8 Å². The summed E-state index contributed by atoms with van der Waals surface area (Å²) in [6.45, 7) is 2.24. The van der Waals surface area contributed by atoms with Crippen molar-refractivity contribution in [3.63, 3.8) is 0 Å². The van der Waals surface area contributed by atoms with E-state index in [0.29, 0.717) is 11.3 Å². The van der Waals surface area contributed by atoms with E-state index in [-0.39, 0.29) is 18.1 Å². The molecule has 0 atom stereocenters. The highest BCUT2D eigenvalue weighted by Crippen LogP contribution is 2.21. The van der Waals surface area contributed by atoms with Crippen molar-refractivity contribution in [3.8, 4) is 0 Å². The third-order valence-electron chi connectivity index (χ3n) is 3.40. The van der Waals surface area contributed by atoms with E-state index in [9.17, 15) is 14.9 Å². The van der Waals surface area contributed by atoms with Crippen molar-refractivity contribution >= 4 is 23.4 Å². The molecule has 0 aliphatic carbocycles. The number of amides is 1. The summed E-state index contributed by atoms with van der Waals surface area (Å²) in [6.07, 6.45) is 0. The first kappa shape index (κ1) is 17.0. The maximum Gasteiger partial charge on any atom is 0.274 e. The van der Waals surface area contributed by atoms with E-state index < -0.39 is 4.92 Å². The topological polar surface area (TPSA) is 63.5 Å². The second-order valence-corrected chi connectivity index (χ2v) is 6.29. The third-order valence-corrected chi connectivity index (χ3v) is 4.40. The number of aryl methyl sites for hydroxylation is 1. The van der Waals surface area contributed by atoms with Crippen molar-refractivity contribution in [1.82, 2.24) is 4.90 Å². The van der Waals surface area contributed by atoms with Gasteiger partial charge in [0, 0.05) is 23.6 Å². The lowest BCUT2D eigenvalue weighted by atomic mass is 10.1. The lowest BCUT2D eigenvalue weighted by Gasteiger charge is -2.17. The van der Waals surface area contributed by atoms with Gasteiger partial charge in [0.05, 0.1) is 17.2 Å². The number of carbonyl (C=O) groups is 1. The molecular formula is C17H18N2O3S. The largest absolute Gasteiger partial charge is 0.340 e. The lowest BCUT2D eigenvalue weighted by molar-refractivity contribution is -0.385. The minimum Gasteiger partial charge on any atom is -0.340 e. The van der Waals surface area contributed by atoms with E-state index in [1.54, 1.807) is 25.2 Å². The Kier molecular flexibility index (Phi) is 5.76. The van der Waals surface area contributed by atoms with Crippen molar-refractivity contribution in [1.29, 1.82) is 0 Å². The first-order valence-electron chi connectivity index (χ1n) is 7.13. The highest BCUT2D eigenvalue weighted by atomic mass is 32.2. The van der Waals surface area contributed by atoms with Crippen LogP contribution in [-0.4, -0.2) is 28.5 Å². The van der Waals surface area contributed by atoms with Gasteiger partial charge in [-0.2, -0.15) is 0 Å². The number of hydrogen-bond acceptors (Lipinski definition) is 4. The van der Waals surface area contributed by atoms with Crippen LogP contribution in [0.2, 0.25) is 0 Å². The molecule has 23 heavy (non-hydrogen) atoms. The number of rotatable bonds is 6. The number of nitro benzene ring substituents is 1. The van der Waals surface area contributed by atoms with E-state index in [1.165, 1.54) is 28.3 Å². The number of thioether (sulfide) groups is 1. The molecule has 0 saturated heterocycles. The van der Waals surface area contributed by atoms with Gasteiger partial charge in [-0.3, -0.25) is 14.9 Å². The number of carbonyl (C=O) groups excluding carboxylic acids is 1. The Morgan fingerprint density at radius 2 is 1.83 bits per heavy atom. The van der Waals surface area contributed by atoms with E-state index in [1.807, 2.05) is 31.2 Å². The van der Waals surface area contributed by atoms with Crippen LogP contribution in [-0.2, 0) is 11.3 Å². The Morgan fingerprint density at radius 3 is 2.48 bits per heavy atom. The van der Waals surface area contributed by atoms with Gasteiger partial charge >= 0.3 is 0 Å². The molecular weight excluding hydrogens is 312 g/mol. The van der Waals surface area contributed by atoms with Crippen molar-refractivity contribution < 1.29 is 9.72 Å². The first-order chi connectivity index (χ1) is 11.0. The quantitative estimate of drug-likeness (QED) is 0.461. The van der Waals surface area contributed by atoms with Crippen LogP contribution in [0.15, 0.2) is 53.4 Å². The molecule has 0 aliphatic rings. The van der Waals surface area contributed by atoms with Crippen molar-refractivity contribution in [2.24, 2.45) is 0 Å². The van der Waals surface area contributed by atoms with Crippen LogP contribution in [0.25, 0.3) is 0 Å². The van der Waals surface area contributed by atoms with Crippen LogP contribution in [0.3, 0.4) is 0 Å². The molecule has 0 spiro atoms. The van der Waals surface area contributed by atoms with Gasteiger partial charge in [-0.15, -0.1) is 11.8 Å². The fourth-order valence-corrected chi connectivity index (χ4v) is 2.90. The van der Waals surface area contributed by atoms with E-state index >= 15 is 0 Å². The van der Waals surface area contributed by atoms with Gasteiger partial charge in [0.15, 0.2) is 0 Å². The molecule has 0 aliphatic heterocycles. The first-order valence-corrected chi connectivity index (χ1v) is 8.11. The number of benzene rings is 2. The molecule has 0 saturated carbocycles. The van der Waals surface area contributed by atoms with Crippen molar-refractivity contribution in [3.05, 3.63) is 69.8 Å². The molecule has 5 nitrogen and oxygen atoms in total. The molecule has 0 aromatic heterocycles. The average Bonchev–Trinajstić information content (AvgIpc) is 2.54. The standard InChI is InChI=1S/C17H18N2O3S/c1-13-7-9-15(10-8-13)23-12-17(20)18(2)11-14-5-3-4-6-16(14)19(21)22/h3-10H,11-12H2,1-2H3. The molecule has 2 aromatic rings. The molecule has 2 rings (SSSR count). The van der Waals surface area contributed by atoms with Crippen LogP contribution in [0.5, 0.6) is 0 Å². The van der Waals surface area contributed by atoms with Gasteiger partial charge in [-0.1, -0.05) is 35.9 Å². The molecule has 0 radical (unpaired) electrons. The summed E-state index contributed by atoms with van der Waals surface area (Å²) in [5.41, 5.74) is 1.75. The summed E-state index contributed by atoms with van der Waals surface area (Å²) < 4.78 is 0. The number of nitro groups is 1. The predicted molar refractivity (Wildman–Crippen MR) is 91.5 cm³/mol. The summed E-state index contributed by atoms with van der Waals surface area (Å²) in [6, 6.07) is 14.5. The fourth-order valence-electron chi connectivity index (χ4n) is 2.06. The van der Waals surface area contributed by atoms with E-state index in [4.69, 9.17) is 0 Å². The van der Waals surface area contributed by atoms with Crippen LogP contribution >= 0.6 is 11.8 Å². The van der Waals surface area contributed by atoms with Crippen molar-refractivity contribution in [2.45, 2.75) is 18.4 Å². The van der Waals surface area contributed by atoms with Crippen LogP contribution in [0, 0.1) is 17.0 Å². The molecule has 0 heterocycles. The fraction of sp³-hybridized carbons (Fsp3) is 0.235. The summed E-state index contributed by atoms with van der Waals surface area (Å²) in [5, 5.41) is 11.0. The van der Waals surface area contributed by atoms with Crippen LogP contribution in [0.4, 0.5) is 5.69 Å². The van der Waals surface area contributed by atoms with Gasteiger partial charge in [0.1, 0.15) is 0 Å². The normalized spacial score (nSPS) is 10.3. The molecule has 1 amide bonds. The van der Waals surface area contributed by atoms with E-state index in [0.717, 1.165) is 4.90 Å². The number of hydrogen-bond donors (Lipinski definition) is 0. The van der Waals surface area contributed by atoms with Crippen LogP contribution < -0.4 is 0 Å². The molecule has 0 bridgehead atoms. The Labute approximate surface area is 139 Å². The molecule has 2 aromatic carbocycles. The third kappa shape index (κ3) is 4.82. The Morgan fingerprint density at radius 1 is 1.17 bits per heavy atom. The summed E-state index contributed by atoms with van der Waals surface area (Å²) in [4.78, 5) is 25.3. The number of para-hydroxylation sites is 1. The summed E-state index contributed by atoms with van der Waals surface area (Å²) >= 11 is 1.46. The second-order valence-electron chi connectivity index (χ2n) is 5.24. The Balaban J connectivity index is 1.95. The van der Waals surface area contributed by atoms with Gasteiger partial charge in [-0.25, -0.2) is 0 Å². The zero-order valence-electron chi connectivity index (χ0n) is 13.1. The zero-order valence-corrected chi connectivity index (χ0v) is 13.9. The van der Waals surface area contributed by atoms with Gasteiger partial charge in [0.2, 0.25) is 5.91 Å². The molecule has 0 fully saturated rings. The Hall–Kier alpha value is -2.34. The highest BCUT2D eigenvalue weighted by molar-refractivity contribution is 8.00. The maximum absolute atomic E-state index is 12.2. The van der Waals surface area contributed by atoms with Crippen LogP contribution in [0.1, 0.15) is 11.1 Å². The molecule has 0 N–H and O–H groups in total. The monoisotopic (exact) mass is 330 g/mol. The van der Waals surface area contributed by atoms with Gasteiger partial charge < -0.3 is 4.90 Å². The predicted octanol–water partition coefficient (Wildman–Crippen LogP) is 3.65. The lowest BCUT2D eigenvalue weighted by Crippen LogP contribution is -2.28. The highest BCUT2D eigenvalue weighted by Gasteiger charge is 2.16. The maximum atomic E-state index is 12.2. The molecule has 6 heteroatoms. The molecule has 120 valence electrons. The summed E-state index contributed by atoms with van der Waals surface area (Å²) in [7, 11) is 1.66. The molecule has 0 unspecified atom stereocenters. The SMILES string of the molecule is Cc1ccc(SCC(=O)N(C)Cc2ccccc2[N+](=O)[O-])cc1. The summed E-state index contributed by atoms with van der Waals surface area (Å²) in [5.74, 6) is 0.244. The smallest absolute Gasteiger partial charge is 0.274 e. The average molecular weight is 330 g/mol. The van der Waals surface area contributed by atoms with Gasteiger partial charge in [-0.05, 0) is 19.1 Å². The zero-order chi connectivity index (χ0) is 16.8. The number of nitrogens with zero attached hydrogens (tertiary/aromatic N) is 2. The minimum absolute atomic E-state index is 0.0401.